The van der Waals surface area contributed by atoms with Crippen molar-refractivity contribution in [3.8, 4) is 0 Å². The number of hydroxylamine groups is 1. The normalized spacial score (nSPS) is 16.9. The van der Waals surface area contributed by atoms with Gasteiger partial charge in [0.25, 0.3) is 5.91 Å². The molecule has 2 amide bonds. The van der Waals surface area contributed by atoms with E-state index in [1.807, 2.05) is 26.1 Å². The molecule has 6 N–H and O–H groups in total. The molecule has 1 fully saturated rings. The van der Waals surface area contributed by atoms with Crippen LogP contribution in [0.3, 0.4) is 0 Å². The molecule has 0 aliphatic carbocycles. The molecule has 2 aromatic heterocycles. The van der Waals surface area contributed by atoms with Crippen LogP contribution >= 0.6 is 12.4 Å². The molecule has 0 spiro atoms. The number of hydrogen-bond donors (Lipinski definition) is 5. The van der Waals surface area contributed by atoms with E-state index in [2.05, 4.69) is 25.2 Å². The number of nitrogens with two attached hydrogens (primary N) is 1. The summed E-state index contributed by atoms with van der Waals surface area (Å²) in [4.78, 5) is 38.4. The lowest BCUT2D eigenvalue weighted by Crippen LogP contribution is -2.62. The molecule has 29 heavy (non-hydrogen) atoms. The van der Waals surface area contributed by atoms with Crippen LogP contribution in [0.15, 0.2) is 18.6 Å². The maximum Gasteiger partial charge on any atom is 0.265 e. The summed E-state index contributed by atoms with van der Waals surface area (Å²) in [5, 5.41) is 12.6. The first kappa shape index (κ1) is 22.9. The Bertz CT molecular complexity index is 849. The number of carbonyl (C=O) groups is 2. The number of hydrogen-bond acceptors (Lipinski definition) is 7. The zero-order valence-corrected chi connectivity index (χ0v) is 17.3. The van der Waals surface area contributed by atoms with E-state index in [-0.39, 0.29) is 24.2 Å². The van der Waals surface area contributed by atoms with E-state index < -0.39 is 17.5 Å². The van der Waals surface area contributed by atoms with E-state index in [0.717, 1.165) is 16.9 Å². The van der Waals surface area contributed by atoms with Crippen molar-refractivity contribution < 1.29 is 14.8 Å². The highest BCUT2D eigenvalue weighted by molar-refractivity contribution is 5.92. The van der Waals surface area contributed by atoms with Crippen molar-refractivity contribution in [1.29, 1.82) is 0 Å². The monoisotopic (exact) mass is 425 g/mol. The van der Waals surface area contributed by atoms with Crippen LogP contribution < -0.4 is 21.4 Å². The number of halogens is 1. The van der Waals surface area contributed by atoms with E-state index in [1.54, 1.807) is 5.48 Å². The number of carbonyl (C=O) groups excluding carboxylic acids is 2. The molecule has 1 aliphatic rings. The zero-order valence-electron chi connectivity index (χ0n) is 16.5. The van der Waals surface area contributed by atoms with Gasteiger partial charge < -0.3 is 20.9 Å². The highest BCUT2D eigenvalue weighted by Gasteiger charge is 2.40. The number of aromatic amines is 1. The van der Waals surface area contributed by atoms with Gasteiger partial charge in [0, 0.05) is 19.3 Å². The Kier molecular flexibility index (Phi) is 7.39. The Balaban J connectivity index is 0.00000300. The van der Waals surface area contributed by atoms with Crippen molar-refractivity contribution >= 4 is 41.1 Å². The molecule has 0 saturated carbocycles. The Hall–Kier alpha value is -2.43. The second-order valence-corrected chi connectivity index (χ2v) is 7.71. The summed E-state index contributed by atoms with van der Waals surface area (Å²) in [6, 6.07) is 1.10. The van der Waals surface area contributed by atoms with E-state index in [4.69, 9.17) is 10.9 Å². The van der Waals surface area contributed by atoms with Gasteiger partial charge in [0.05, 0.1) is 10.9 Å². The largest absolute Gasteiger partial charge is 0.356 e. The van der Waals surface area contributed by atoms with Crippen LogP contribution in [0.1, 0.15) is 33.1 Å². The van der Waals surface area contributed by atoms with Gasteiger partial charge in [-0.3, -0.25) is 14.8 Å². The Morgan fingerprint density at radius 3 is 2.66 bits per heavy atom. The first-order chi connectivity index (χ1) is 13.3. The fourth-order valence-corrected chi connectivity index (χ4v) is 3.54. The lowest BCUT2D eigenvalue weighted by atomic mass is 9.87. The molecule has 3 heterocycles. The van der Waals surface area contributed by atoms with Gasteiger partial charge >= 0.3 is 0 Å². The van der Waals surface area contributed by atoms with Crippen LogP contribution in [0.5, 0.6) is 0 Å². The van der Waals surface area contributed by atoms with Gasteiger partial charge in [-0.25, -0.2) is 15.4 Å². The summed E-state index contributed by atoms with van der Waals surface area (Å²) >= 11 is 0. The molecular weight excluding hydrogens is 398 g/mol. The standard InChI is InChI=1S/C18H27N7O3.ClH/c1-11(2)9-13(16(26)24-28)23-17(27)18(19)4-7-25(8-5-18)15-12-3-6-20-14(12)21-10-22-15;/h3,6,10-11,13,28H,4-5,7-9,19H2,1-2H3,(H,23,27)(H,24,26)(H,20,21,22);1H/t13-;/m1./s1. The number of aromatic nitrogens is 3. The Morgan fingerprint density at radius 2 is 2.03 bits per heavy atom. The molecule has 11 heteroatoms. The first-order valence-electron chi connectivity index (χ1n) is 9.41. The van der Waals surface area contributed by atoms with Gasteiger partial charge in [-0.2, -0.15) is 0 Å². The average Bonchev–Trinajstić information content (AvgIpc) is 3.16. The fourth-order valence-electron chi connectivity index (χ4n) is 3.54. The second-order valence-electron chi connectivity index (χ2n) is 7.71. The highest BCUT2D eigenvalue weighted by Crippen LogP contribution is 2.28. The lowest BCUT2D eigenvalue weighted by molar-refractivity contribution is -0.137. The van der Waals surface area contributed by atoms with Crippen molar-refractivity contribution in [3.05, 3.63) is 18.6 Å². The molecule has 0 unspecified atom stereocenters. The van der Waals surface area contributed by atoms with Gasteiger partial charge in [-0.1, -0.05) is 13.8 Å². The summed E-state index contributed by atoms with van der Waals surface area (Å²) in [5.41, 5.74) is 7.68. The van der Waals surface area contributed by atoms with Crippen molar-refractivity contribution in [1.82, 2.24) is 25.7 Å². The minimum absolute atomic E-state index is 0. The predicted octanol–water partition coefficient (Wildman–Crippen LogP) is 0.714. The number of rotatable bonds is 6. The maximum atomic E-state index is 12.8. The van der Waals surface area contributed by atoms with Crippen LogP contribution in [0, 0.1) is 5.92 Å². The van der Waals surface area contributed by atoms with Crippen LogP contribution in [0.4, 0.5) is 5.82 Å². The van der Waals surface area contributed by atoms with E-state index in [9.17, 15) is 9.59 Å². The predicted molar refractivity (Wildman–Crippen MR) is 111 cm³/mol. The summed E-state index contributed by atoms with van der Waals surface area (Å²) in [6.07, 6.45) is 4.57. The molecule has 0 radical (unpaired) electrons. The number of piperidine rings is 1. The van der Waals surface area contributed by atoms with Crippen molar-refractivity contribution in [2.45, 2.75) is 44.7 Å². The number of nitrogens with zero attached hydrogens (tertiary/aromatic N) is 3. The van der Waals surface area contributed by atoms with E-state index in [0.29, 0.717) is 32.4 Å². The van der Waals surface area contributed by atoms with Crippen LogP contribution in [-0.4, -0.2) is 56.6 Å². The van der Waals surface area contributed by atoms with Gasteiger partial charge in [0.2, 0.25) is 5.91 Å². The summed E-state index contributed by atoms with van der Waals surface area (Å²) < 4.78 is 0. The third kappa shape index (κ3) is 4.95. The molecule has 2 aromatic rings. The third-order valence-electron chi connectivity index (χ3n) is 5.18. The smallest absolute Gasteiger partial charge is 0.265 e. The van der Waals surface area contributed by atoms with Crippen LogP contribution in [0.25, 0.3) is 11.0 Å². The van der Waals surface area contributed by atoms with Crippen molar-refractivity contribution in [2.75, 3.05) is 18.0 Å². The number of amides is 2. The molecule has 3 rings (SSSR count). The lowest BCUT2D eigenvalue weighted by Gasteiger charge is -2.39. The maximum absolute atomic E-state index is 12.8. The molecule has 0 bridgehead atoms. The summed E-state index contributed by atoms with van der Waals surface area (Å²) in [7, 11) is 0. The van der Waals surface area contributed by atoms with E-state index in [1.165, 1.54) is 6.33 Å². The van der Waals surface area contributed by atoms with E-state index >= 15 is 0 Å². The van der Waals surface area contributed by atoms with Gasteiger partial charge in [-0.05, 0) is 31.2 Å². The van der Waals surface area contributed by atoms with Gasteiger partial charge in [0.1, 0.15) is 23.8 Å². The first-order valence-corrected chi connectivity index (χ1v) is 9.41. The molecule has 1 saturated heterocycles. The highest BCUT2D eigenvalue weighted by atomic mass is 35.5. The Morgan fingerprint density at radius 1 is 1.34 bits per heavy atom. The van der Waals surface area contributed by atoms with Crippen LogP contribution in [0.2, 0.25) is 0 Å². The number of nitrogens with one attached hydrogen (secondary N) is 3. The van der Waals surface area contributed by atoms with Gasteiger partial charge in [0.15, 0.2) is 0 Å². The minimum atomic E-state index is -1.08. The molecular formula is C18H28ClN7O3. The average molecular weight is 426 g/mol. The fraction of sp³-hybridized carbons (Fsp3) is 0.556. The topological polar surface area (TPSA) is 149 Å². The quantitative estimate of drug-likeness (QED) is 0.338. The minimum Gasteiger partial charge on any atom is -0.356 e. The third-order valence-corrected chi connectivity index (χ3v) is 5.18. The molecule has 1 atom stereocenters. The molecule has 0 aromatic carbocycles. The number of fused-ring (bicyclic) bond motifs is 1. The van der Waals surface area contributed by atoms with Crippen molar-refractivity contribution in [3.63, 3.8) is 0 Å². The van der Waals surface area contributed by atoms with Crippen molar-refractivity contribution in [2.24, 2.45) is 11.7 Å². The van der Waals surface area contributed by atoms with Gasteiger partial charge in [-0.15, -0.1) is 12.4 Å². The Labute approximate surface area is 175 Å². The second kappa shape index (κ2) is 9.38. The number of H-pyrrole nitrogens is 1. The SMILES string of the molecule is CC(C)C[C@@H](NC(=O)C1(N)CCN(c2ncnc3[nH]ccc23)CC1)C(=O)NO.Cl. The summed E-state index contributed by atoms with van der Waals surface area (Å²) in [5.74, 6) is -0.0412. The number of anilines is 1. The molecule has 10 nitrogen and oxygen atoms in total. The summed E-state index contributed by atoms with van der Waals surface area (Å²) in [6.45, 7) is 4.98. The zero-order chi connectivity index (χ0) is 20.3. The van der Waals surface area contributed by atoms with Crippen LogP contribution in [-0.2, 0) is 9.59 Å². The molecule has 160 valence electrons. The molecule has 1 aliphatic heterocycles.